The van der Waals surface area contributed by atoms with Crippen LogP contribution in [0.1, 0.15) is 18.7 Å². The van der Waals surface area contributed by atoms with Gasteiger partial charge in [-0.05, 0) is 37.1 Å². The molecular weight excluding hydrogens is 269 g/mol. The first-order valence-electron chi connectivity index (χ1n) is 7.42. The van der Waals surface area contributed by atoms with Crippen LogP contribution in [-0.2, 0) is 6.42 Å². The van der Waals surface area contributed by atoms with Gasteiger partial charge in [-0.3, -0.25) is 0 Å². The van der Waals surface area contributed by atoms with E-state index in [9.17, 15) is 4.39 Å². The topological polar surface area (TPSA) is 41.1 Å². The molecule has 0 radical (unpaired) electrons. The molecule has 0 aliphatic carbocycles. The summed E-state index contributed by atoms with van der Waals surface area (Å²) < 4.78 is 18.7. The van der Waals surface area contributed by atoms with E-state index in [1.165, 1.54) is 12.1 Å². The Morgan fingerprint density at radius 1 is 1.24 bits per heavy atom. The minimum atomic E-state index is -0.227. The van der Waals surface area contributed by atoms with E-state index in [1.807, 2.05) is 6.20 Å². The number of aromatic nitrogens is 2. The average molecular weight is 289 g/mol. The lowest BCUT2D eigenvalue weighted by Crippen LogP contribution is -2.39. The van der Waals surface area contributed by atoms with Crippen molar-refractivity contribution in [2.75, 3.05) is 19.6 Å². The van der Waals surface area contributed by atoms with Crippen LogP contribution in [0.4, 0.5) is 4.39 Å². The molecule has 112 valence electrons. The molecule has 1 N–H and O–H groups in total. The molecule has 1 saturated heterocycles. The summed E-state index contributed by atoms with van der Waals surface area (Å²) >= 11 is 0. The molecule has 21 heavy (non-hydrogen) atoms. The normalized spacial score (nSPS) is 17.0. The van der Waals surface area contributed by atoms with Crippen LogP contribution in [0.15, 0.2) is 36.7 Å². The fourth-order valence-corrected chi connectivity index (χ4v) is 2.66. The number of ether oxygens (including phenoxy) is 1. The van der Waals surface area contributed by atoms with E-state index in [0.29, 0.717) is 0 Å². The number of imidazole rings is 1. The summed E-state index contributed by atoms with van der Waals surface area (Å²) in [6.07, 6.45) is 6.85. The maximum atomic E-state index is 12.8. The fourth-order valence-electron chi connectivity index (χ4n) is 2.66. The summed E-state index contributed by atoms with van der Waals surface area (Å²) in [6, 6.07) is 6.26. The smallest absolute Gasteiger partial charge is 0.123 e. The van der Waals surface area contributed by atoms with Gasteiger partial charge in [0.2, 0.25) is 0 Å². The Hall–Kier alpha value is -1.88. The molecule has 3 rings (SSSR count). The number of rotatable bonds is 5. The van der Waals surface area contributed by atoms with Gasteiger partial charge < -0.3 is 14.6 Å². The SMILES string of the molecule is Fc1ccc(OC2CCN(CCc3ncc[nH]3)CC2)cc1. The lowest BCUT2D eigenvalue weighted by atomic mass is 10.1. The standard InChI is InChI=1S/C16H20FN3O/c17-13-1-3-14(4-2-13)21-15-5-10-20(11-6-15)12-7-16-18-8-9-19-16/h1-4,8-9,15H,5-7,10-12H2,(H,18,19). The van der Waals surface area contributed by atoms with E-state index in [0.717, 1.165) is 50.5 Å². The minimum Gasteiger partial charge on any atom is -0.490 e. The van der Waals surface area contributed by atoms with Crippen LogP contribution in [0, 0.1) is 5.82 Å². The number of halogens is 1. The molecule has 5 heteroatoms. The quantitative estimate of drug-likeness (QED) is 0.920. The van der Waals surface area contributed by atoms with Crippen LogP contribution in [-0.4, -0.2) is 40.6 Å². The summed E-state index contributed by atoms with van der Waals surface area (Å²) in [5.74, 6) is 1.57. The maximum absolute atomic E-state index is 12.8. The number of hydrogen-bond acceptors (Lipinski definition) is 3. The van der Waals surface area contributed by atoms with Gasteiger partial charge in [-0.1, -0.05) is 0 Å². The second-order valence-electron chi connectivity index (χ2n) is 5.40. The van der Waals surface area contributed by atoms with E-state index < -0.39 is 0 Å². The monoisotopic (exact) mass is 289 g/mol. The van der Waals surface area contributed by atoms with Crippen molar-refractivity contribution in [1.29, 1.82) is 0 Å². The van der Waals surface area contributed by atoms with Gasteiger partial charge in [-0.25, -0.2) is 9.37 Å². The average Bonchev–Trinajstić information content (AvgIpc) is 3.02. The van der Waals surface area contributed by atoms with Crippen molar-refractivity contribution < 1.29 is 9.13 Å². The highest BCUT2D eigenvalue weighted by Crippen LogP contribution is 2.19. The molecule has 1 aliphatic heterocycles. The van der Waals surface area contributed by atoms with Crippen LogP contribution < -0.4 is 4.74 Å². The molecule has 0 bridgehead atoms. The Bertz CT molecular complexity index is 533. The first kappa shape index (κ1) is 14.1. The molecule has 0 saturated carbocycles. The lowest BCUT2D eigenvalue weighted by Gasteiger charge is -2.31. The fraction of sp³-hybridized carbons (Fsp3) is 0.438. The predicted octanol–water partition coefficient (Wildman–Crippen LogP) is 2.63. The second-order valence-corrected chi connectivity index (χ2v) is 5.40. The van der Waals surface area contributed by atoms with Crippen LogP contribution in [0.25, 0.3) is 0 Å². The zero-order valence-corrected chi connectivity index (χ0v) is 12.0. The van der Waals surface area contributed by atoms with Gasteiger partial charge in [-0.15, -0.1) is 0 Å². The molecule has 0 amide bonds. The number of benzene rings is 1. The third kappa shape index (κ3) is 4.04. The molecule has 1 fully saturated rings. The molecule has 1 aromatic carbocycles. The first-order chi connectivity index (χ1) is 10.3. The highest BCUT2D eigenvalue weighted by Gasteiger charge is 2.20. The van der Waals surface area contributed by atoms with E-state index in [4.69, 9.17) is 4.74 Å². The van der Waals surface area contributed by atoms with Gasteiger partial charge in [0.25, 0.3) is 0 Å². The van der Waals surface area contributed by atoms with Crippen molar-refractivity contribution in [3.63, 3.8) is 0 Å². The zero-order chi connectivity index (χ0) is 14.5. The Morgan fingerprint density at radius 3 is 2.67 bits per heavy atom. The van der Waals surface area contributed by atoms with Crippen LogP contribution in [0.2, 0.25) is 0 Å². The van der Waals surface area contributed by atoms with E-state index in [2.05, 4.69) is 14.9 Å². The Kier molecular flexibility index (Phi) is 4.50. The van der Waals surface area contributed by atoms with Crippen molar-refractivity contribution in [3.05, 3.63) is 48.3 Å². The largest absolute Gasteiger partial charge is 0.490 e. The van der Waals surface area contributed by atoms with Crippen molar-refractivity contribution in [1.82, 2.24) is 14.9 Å². The third-order valence-electron chi connectivity index (χ3n) is 3.87. The predicted molar refractivity (Wildman–Crippen MR) is 78.8 cm³/mol. The number of nitrogens with zero attached hydrogens (tertiary/aromatic N) is 2. The molecule has 2 heterocycles. The van der Waals surface area contributed by atoms with Crippen molar-refractivity contribution in [3.8, 4) is 5.75 Å². The van der Waals surface area contributed by atoms with Gasteiger partial charge in [0.1, 0.15) is 23.5 Å². The number of hydrogen-bond donors (Lipinski definition) is 1. The molecule has 0 unspecified atom stereocenters. The van der Waals surface area contributed by atoms with Gasteiger partial charge in [0.15, 0.2) is 0 Å². The summed E-state index contributed by atoms with van der Waals surface area (Å²) in [7, 11) is 0. The second kappa shape index (κ2) is 6.72. The summed E-state index contributed by atoms with van der Waals surface area (Å²) in [5.41, 5.74) is 0. The number of H-pyrrole nitrogens is 1. The number of aromatic amines is 1. The summed E-state index contributed by atoms with van der Waals surface area (Å²) in [6.45, 7) is 3.09. The van der Waals surface area contributed by atoms with E-state index in [-0.39, 0.29) is 11.9 Å². The lowest BCUT2D eigenvalue weighted by molar-refractivity contribution is 0.101. The van der Waals surface area contributed by atoms with Crippen molar-refractivity contribution in [2.45, 2.75) is 25.4 Å². The number of piperidine rings is 1. The van der Waals surface area contributed by atoms with Gasteiger partial charge >= 0.3 is 0 Å². The minimum absolute atomic E-state index is 0.227. The molecule has 0 spiro atoms. The number of nitrogens with one attached hydrogen (secondary N) is 1. The van der Waals surface area contributed by atoms with E-state index in [1.54, 1.807) is 18.3 Å². The van der Waals surface area contributed by atoms with Gasteiger partial charge in [-0.2, -0.15) is 0 Å². The molecular formula is C16H20FN3O. The molecule has 4 nitrogen and oxygen atoms in total. The maximum Gasteiger partial charge on any atom is 0.123 e. The Balaban J connectivity index is 1.41. The van der Waals surface area contributed by atoms with Crippen LogP contribution in [0.5, 0.6) is 5.75 Å². The first-order valence-corrected chi connectivity index (χ1v) is 7.42. The van der Waals surface area contributed by atoms with Crippen molar-refractivity contribution in [2.24, 2.45) is 0 Å². The highest BCUT2D eigenvalue weighted by atomic mass is 19.1. The zero-order valence-electron chi connectivity index (χ0n) is 12.0. The molecule has 1 aliphatic rings. The highest BCUT2D eigenvalue weighted by molar-refractivity contribution is 5.22. The van der Waals surface area contributed by atoms with Crippen LogP contribution >= 0.6 is 0 Å². The third-order valence-corrected chi connectivity index (χ3v) is 3.87. The van der Waals surface area contributed by atoms with E-state index >= 15 is 0 Å². The number of likely N-dealkylation sites (tertiary alicyclic amines) is 1. The molecule has 0 atom stereocenters. The molecule has 2 aromatic rings. The molecule has 1 aromatic heterocycles. The Morgan fingerprint density at radius 2 is 2.00 bits per heavy atom. The van der Waals surface area contributed by atoms with Gasteiger partial charge in [0.05, 0.1) is 0 Å². The summed E-state index contributed by atoms with van der Waals surface area (Å²) in [5, 5.41) is 0. The van der Waals surface area contributed by atoms with Gasteiger partial charge in [0, 0.05) is 38.4 Å². The Labute approximate surface area is 124 Å². The van der Waals surface area contributed by atoms with Crippen molar-refractivity contribution >= 4 is 0 Å². The summed E-state index contributed by atoms with van der Waals surface area (Å²) in [4.78, 5) is 9.81. The van der Waals surface area contributed by atoms with Crippen LogP contribution in [0.3, 0.4) is 0 Å².